The maximum absolute atomic E-state index is 13.9. The third kappa shape index (κ3) is 4.24. The molecule has 1 aromatic carbocycles. The molecule has 2 aromatic heterocycles. The highest BCUT2D eigenvalue weighted by Gasteiger charge is 2.24. The van der Waals surface area contributed by atoms with Gasteiger partial charge in [-0.05, 0) is 25.1 Å². The summed E-state index contributed by atoms with van der Waals surface area (Å²) in [5.41, 5.74) is 8.22. The summed E-state index contributed by atoms with van der Waals surface area (Å²) >= 11 is 12.3. The molecule has 3 heterocycles. The number of nitrogens with one attached hydrogen (secondary N) is 2. The Bertz CT molecular complexity index is 1050. The summed E-state index contributed by atoms with van der Waals surface area (Å²) in [5, 5.41) is 6.94. The van der Waals surface area contributed by atoms with Crippen LogP contribution in [-0.4, -0.2) is 23.2 Å². The fourth-order valence-corrected chi connectivity index (χ4v) is 4.37. The van der Waals surface area contributed by atoms with E-state index in [0.717, 1.165) is 37.1 Å². The van der Waals surface area contributed by atoms with Gasteiger partial charge in [-0.2, -0.15) is 5.10 Å². The second-order valence-electron chi connectivity index (χ2n) is 7.37. The average molecular weight is 451 g/mol. The molecule has 4 rings (SSSR count). The molecule has 0 aliphatic carbocycles. The molecule has 1 aliphatic heterocycles. The predicted molar refractivity (Wildman–Crippen MR) is 115 cm³/mol. The highest BCUT2D eigenvalue weighted by molar-refractivity contribution is 6.36. The van der Waals surface area contributed by atoms with Gasteiger partial charge in [0.05, 0.1) is 16.8 Å². The Morgan fingerprint density at radius 2 is 2.03 bits per heavy atom. The molecule has 6 nitrogen and oxygen atoms in total. The summed E-state index contributed by atoms with van der Waals surface area (Å²) in [7, 11) is 0. The van der Waals surface area contributed by atoms with Gasteiger partial charge in [0.15, 0.2) is 17.6 Å². The molecule has 1 aliphatic rings. The number of anilines is 1. The minimum atomic E-state index is -0.619. The quantitative estimate of drug-likeness (QED) is 0.396. The number of hydrogen-bond acceptors (Lipinski definition) is 4. The lowest BCUT2D eigenvalue weighted by molar-refractivity contribution is -0.775. The number of benzene rings is 1. The van der Waals surface area contributed by atoms with Gasteiger partial charge in [0, 0.05) is 48.3 Å². The Labute approximate surface area is 184 Å². The molecule has 3 aromatic rings. The van der Waals surface area contributed by atoms with Crippen LogP contribution in [0, 0.1) is 5.82 Å². The predicted octanol–water partition coefficient (Wildman–Crippen LogP) is 4.46. The first-order chi connectivity index (χ1) is 14.4. The number of ether oxygens (including phenoxy) is 1. The number of rotatable bonds is 5. The summed E-state index contributed by atoms with van der Waals surface area (Å²) < 4.78 is 22.0. The molecular weight excluding hydrogens is 428 g/mol. The maximum Gasteiger partial charge on any atom is 0.203 e. The molecule has 1 saturated heterocycles. The second kappa shape index (κ2) is 8.79. The van der Waals surface area contributed by atoms with Crippen LogP contribution in [0.3, 0.4) is 0 Å². The van der Waals surface area contributed by atoms with Gasteiger partial charge in [0.2, 0.25) is 6.20 Å². The second-order valence-corrected chi connectivity index (χ2v) is 8.16. The van der Waals surface area contributed by atoms with Crippen molar-refractivity contribution < 1.29 is 13.8 Å². The lowest BCUT2D eigenvalue weighted by Gasteiger charge is -2.19. The van der Waals surface area contributed by atoms with E-state index in [-0.39, 0.29) is 10.8 Å². The first-order valence-corrected chi connectivity index (χ1v) is 10.6. The molecule has 1 atom stereocenters. The summed E-state index contributed by atoms with van der Waals surface area (Å²) in [4.78, 5) is 4.27. The number of aromatic nitrogens is 3. The van der Waals surface area contributed by atoms with Crippen molar-refractivity contribution in [1.82, 2.24) is 15.4 Å². The molecule has 158 valence electrons. The lowest BCUT2D eigenvalue weighted by Crippen LogP contribution is -2.46. The third-order valence-electron chi connectivity index (χ3n) is 5.35. The minimum absolute atomic E-state index is 0.0636. The first-order valence-electron chi connectivity index (χ1n) is 9.80. The Kier molecular flexibility index (Phi) is 6.13. The molecule has 9 heteroatoms. The van der Waals surface area contributed by atoms with Crippen LogP contribution in [0.4, 0.5) is 10.2 Å². The van der Waals surface area contributed by atoms with Crippen LogP contribution in [0.15, 0.2) is 36.8 Å². The van der Waals surface area contributed by atoms with E-state index in [9.17, 15) is 4.39 Å². The highest BCUT2D eigenvalue weighted by Crippen LogP contribution is 2.36. The van der Waals surface area contributed by atoms with E-state index in [1.165, 1.54) is 12.1 Å². The van der Waals surface area contributed by atoms with E-state index in [4.69, 9.17) is 33.7 Å². The zero-order valence-corrected chi connectivity index (χ0v) is 18.0. The summed E-state index contributed by atoms with van der Waals surface area (Å²) in [6, 6.07) is 4.93. The number of nitrogens with zero attached hydrogens (tertiary/aromatic N) is 2. The van der Waals surface area contributed by atoms with Crippen molar-refractivity contribution in [2.75, 3.05) is 18.8 Å². The molecule has 4 N–H and O–H groups in total. The van der Waals surface area contributed by atoms with Crippen molar-refractivity contribution in [3.63, 3.8) is 0 Å². The van der Waals surface area contributed by atoms with Gasteiger partial charge in [-0.3, -0.25) is 0 Å². The zero-order chi connectivity index (χ0) is 21.3. The van der Waals surface area contributed by atoms with E-state index in [1.807, 2.05) is 12.3 Å². The van der Waals surface area contributed by atoms with Gasteiger partial charge in [-0.1, -0.05) is 23.2 Å². The smallest absolute Gasteiger partial charge is 0.203 e. The fraction of sp³-hybridized carbons (Fsp3) is 0.333. The van der Waals surface area contributed by atoms with Gasteiger partial charge in [0.1, 0.15) is 11.9 Å². The third-order valence-corrected chi connectivity index (χ3v) is 6.07. The number of nitrogens with two attached hydrogens (primary N) is 1. The van der Waals surface area contributed by atoms with Crippen molar-refractivity contribution in [2.24, 2.45) is 0 Å². The number of nitrogen functional groups attached to an aromatic ring is 1. The number of halogens is 3. The molecule has 30 heavy (non-hydrogen) atoms. The molecule has 0 bridgehead atoms. The van der Waals surface area contributed by atoms with E-state index in [1.54, 1.807) is 13.1 Å². The fourth-order valence-electron chi connectivity index (χ4n) is 3.69. The highest BCUT2D eigenvalue weighted by atomic mass is 35.5. The molecular formula is C21H23Cl2FN5O+. The van der Waals surface area contributed by atoms with Crippen molar-refractivity contribution in [3.8, 4) is 16.9 Å². The molecule has 0 unspecified atom stereocenters. The summed E-state index contributed by atoms with van der Waals surface area (Å²) in [6.07, 6.45) is 7.23. The summed E-state index contributed by atoms with van der Waals surface area (Å²) in [5.74, 6) is 0.0585. The standard InChI is InChI=1S/C21H22Cl2FN5O/c1-12(19-16(22)2-3-17(24)20(19)23)30-18-8-13(9-27-21(18)25)14-10-28-29(11-14)15-4-6-26-7-5-15/h2-3,8-12,15,26H,4-7H2,1H3,(H2,25,27)/p+1/t12-/m1/s1. The Morgan fingerprint density at radius 3 is 2.80 bits per heavy atom. The van der Waals surface area contributed by atoms with Crippen molar-refractivity contribution in [3.05, 3.63) is 58.2 Å². The van der Waals surface area contributed by atoms with Crippen LogP contribution in [-0.2, 0) is 0 Å². The van der Waals surface area contributed by atoms with Gasteiger partial charge >= 0.3 is 0 Å². The van der Waals surface area contributed by atoms with E-state index in [2.05, 4.69) is 26.3 Å². The van der Waals surface area contributed by atoms with Crippen LogP contribution < -0.4 is 20.5 Å². The van der Waals surface area contributed by atoms with Crippen LogP contribution in [0.2, 0.25) is 10.0 Å². The number of aromatic amines is 1. The van der Waals surface area contributed by atoms with E-state index < -0.39 is 11.9 Å². The Morgan fingerprint density at radius 1 is 1.27 bits per heavy atom. The number of pyridine rings is 1. The number of hydrogen-bond donors (Lipinski definition) is 3. The van der Waals surface area contributed by atoms with Crippen molar-refractivity contribution in [2.45, 2.75) is 31.9 Å². The first kappa shape index (κ1) is 20.9. The molecule has 0 radical (unpaired) electrons. The average Bonchev–Trinajstić information content (AvgIpc) is 3.24. The molecule has 0 saturated carbocycles. The van der Waals surface area contributed by atoms with Crippen LogP contribution >= 0.6 is 23.2 Å². The van der Waals surface area contributed by atoms with Gasteiger partial charge in [-0.25, -0.2) is 9.37 Å². The zero-order valence-electron chi connectivity index (χ0n) is 16.5. The topological polar surface area (TPSA) is 79.8 Å². The Hall–Kier alpha value is -2.35. The maximum atomic E-state index is 13.9. The monoisotopic (exact) mass is 450 g/mol. The summed E-state index contributed by atoms with van der Waals surface area (Å²) in [6.45, 7) is 3.76. The molecule has 1 fully saturated rings. The Balaban J connectivity index is 1.58. The van der Waals surface area contributed by atoms with Gasteiger partial charge < -0.3 is 15.8 Å². The van der Waals surface area contributed by atoms with Crippen LogP contribution in [0.25, 0.3) is 11.1 Å². The molecule has 0 amide bonds. The number of H-pyrrole nitrogens is 1. The largest absolute Gasteiger partial charge is 0.482 e. The van der Waals surface area contributed by atoms with Crippen molar-refractivity contribution in [1.29, 1.82) is 0 Å². The van der Waals surface area contributed by atoms with Crippen molar-refractivity contribution >= 4 is 29.0 Å². The SMILES string of the molecule is C[C@@H](Oc1cc(-c2c[nH][n+](C3CCNCC3)c2)cnc1N)c1c(Cl)ccc(F)c1Cl. The van der Waals surface area contributed by atoms with Gasteiger partial charge in [0.25, 0.3) is 0 Å². The van der Waals surface area contributed by atoms with E-state index >= 15 is 0 Å². The van der Waals surface area contributed by atoms with E-state index in [0.29, 0.717) is 22.4 Å². The molecule has 0 spiro atoms. The van der Waals surface area contributed by atoms with Gasteiger partial charge in [-0.15, -0.1) is 4.68 Å². The normalized spacial score (nSPS) is 15.9. The lowest BCUT2D eigenvalue weighted by atomic mass is 10.1. The van der Waals surface area contributed by atoms with Crippen LogP contribution in [0.5, 0.6) is 5.75 Å². The minimum Gasteiger partial charge on any atom is -0.482 e. The van der Waals surface area contributed by atoms with Crippen LogP contribution in [0.1, 0.15) is 37.5 Å². The number of piperidine rings is 1.